The van der Waals surface area contributed by atoms with Gasteiger partial charge in [-0.3, -0.25) is 4.79 Å². The van der Waals surface area contributed by atoms with Crippen molar-refractivity contribution in [2.45, 2.75) is 19.3 Å². The van der Waals surface area contributed by atoms with Gasteiger partial charge in [-0.2, -0.15) is 0 Å². The molecule has 3 aromatic rings. The Balaban J connectivity index is 0.00000169. The van der Waals surface area contributed by atoms with Gasteiger partial charge in [0.2, 0.25) is 0 Å². The van der Waals surface area contributed by atoms with Crippen molar-refractivity contribution in [2.75, 3.05) is 12.3 Å². The second-order valence-corrected chi connectivity index (χ2v) is 5.44. The molecule has 10 heteroatoms. The Morgan fingerprint density at radius 2 is 1.96 bits per heavy atom. The number of phenolic OH excluding ortho intramolecular Hbond substituents is 1. The minimum atomic E-state index is -0.185. The Morgan fingerprint density at radius 1 is 1.19 bits per heavy atom. The summed E-state index contributed by atoms with van der Waals surface area (Å²) < 4.78 is 0. The van der Waals surface area contributed by atoms with E-state index in [1.807, 2.05) is 0 Å². The van der Waals surface area contributed by atoms with Gasteiger partial charge in [0.1, 0.15) is 17.1 Å². The van der Waals surface area contributed by atoms with E-state index in [1.165, 1.54) is 12.4 Å². The van der Waals surface area contributed by atoms with E-state index in [1.54, 1.807) is 12.1 Å². The molecule has 0 radical (unpaired) electrons. The molecular formula is C16H22N6O4. The summed E-state index contributed by atoms with van der Waals surface area (Å²) in [5.41, 5.74) is 13.6. The number of aromatic hydroxyl groups is 1. The highest BCUT2D eigenvalue weighted by molar-refractivity contribution is 5.98. The third-order valence-electron chi connectivity index (χ3n) is 3.73. The van der Waals surface area contributed by atoms with Crippen LogP contribution in [0.25, 0.3) is 11.2 Å². The molecule has 2 aromatic heterocycles. The van der Waals surface area contributed by atoms with Crippen molar-refractivity contribution in [1.29, 1.82) is 0 Å². The fraction of sp³-hybridized carbons (Fsp3) is 0.250. The fourth-order valence-electron chi connectivity index (χ4n) is 2.50. The van der Waals surface area contributed by atoms with E-state index in [9.17, 15) is 9.90 Å². The van der Waals surface area contributed by atoms with Crippen molar-refractivity contribution >= 4 is 22.8 Å². The molecule has 0 saturated heterocycles. The number of imidazole rings is 1. The second kappa shape index (κ2) is 8.85. The molecule has 0 spiro atoms. The molecule has 0 amide bonds. The number of nitrogen functional groups attached to an aromatic ring is 1. The summed E-state index contributed by atoms with van der Waals surface area (Å²) in [7, 11) is 0. The number of hydrogen-bond donors (Lipinski definition) is 4. The molecule has 0 atom stereocenters. The Morgan fingerprint density at radius 3 is 2.69 bits per heavy atom. The molecular weight excluding hydrogens is 340 g/mol. The predicted molar refractivity (Wildman–Crippen MR) is 96.8 cm³/mol. The van der Waals surface area contributed by atoms with E-state index in [2.05, 4.69) is 19.9 Å². The van der Waals surface area contributed by atoms with Crippen molar-refractivity contribution in [1.82, 2.24) is 19.9 Å². The first-order valence-corrected chi connectivity index (χ1v) is 7.59. The zero-order chi connectivity index (χ0) is 17.1. The quantitative estimate of drug-likeness (QED) is 0.414. The SMILES string of the molecule is NCCc1ccc(O)c(C(=O)CCc2nc(N)c3[nH]cnc3n2)c1.O.O. The molecule has 2 heterocycles. The zero-order valence-electron chi connectivity index (χ0n) is 14.0. The first-order chi connectivity index (χ1) is 11.6. The van der Waals surface area contributed by atoms with Gasteiger partial charge in [-0.15, -0.1) is 0 Å². The number of aromatic nitrogens is 4. The molecule has 26 heavy (non-hydrogen) atoms. The van der Waals surface area contributed by atoms with Gasteiger partial charge in [-0.1, -0.05) is 6.07 Å². The van der Waals surface area contributed by atoms with Crippen molar-refractivity contribution < 1.29 is 20.9 Å². The Labute approximate surface area is 148 Å². The number of H-pyrrole nitrogens is 1. The molecule has 0 saturated carbocycles. The largest absolute Gasteiger partial charge is 0.507 e. The number of aryl methyl sites for hydroxylation is 1. The van der Waals surface area contributed by atoms with Gasteiger partial charge in [0.15, 0.2) is 17.2 Å². The lowest BCUT2D eigenvalue weighted by atomic mass is 10.0. The molecule has 0 aliphatic rings. The van der Waals surface area contributed by atoms with Crippen LogP contribution in [-0.2, 0) is 12.8 Å². The van der Waals surface area contributed by atoms with Gasteiger partial charge in [0.25, 0.3) is 0 Å². The number of phenols is 1. The zero-order valence-corrected chi connectivity index (χ0v) is 14.0. The van der Waals surface area contributed by atoms with Gasteiger partial charge < -0.3 is 32.5 Å². The average molecular weight is 362 g/mol. The van der Waals surface area contributed by atoms with E-state index in [0.29, 0.717) is 42.2 Å². The summed E-state index contributed by atoms with van der Waals surface area (Å²) >= 11 is 0. The summed E-state index contributed by atoms with van der Waals surface area (Å²) in [4.78, 5) is 27.7. The molecule has 0 bridgehead atoms. The van der Waals surface area contributed by atoms with Crippen LogP contribution >= 0.6 is 0 Å². The van der Waals surface area contributed by atoms with E-state index in [-0.39, 0.29) is 34.5 Å². The van der Waals surface area contributed by atoms with Crippen LogP contribution < -0.4 is 11.5 Å². The van der Waals surface area contributed by atoms with Crippen LogP contribution in [0, 0.1) is 0 Å². The summed E-state index contributed by atoms with van der Waals surface area (Å²) in [5.74, 6) is 0.519. The number of Topliss-reactive ketones (excluding diaryl/α,β-unsaturated/α-hetero) is 1. The summed E-state index contributed by atoms with van der Waals surface area (Å²) in [5, 5.41) is 9.91. The molecule has 3 rings (SSSR count). The Hall–Kier alpha value is -3.08. The number of ketones is 1. The lowest BCUT2D eigenvalue weighted by Crippen LogP contribution is -2.07. The minimum Gasteiger partial charge on any atom is -0.507 e. The van der Waals surface area contributed by atoms with Crippen molar-refractivity contribution in [3.05, 3.63) is 41.5 Å². The van der Waals surface area contributed by atoms with Crippen LogP contribution in [-0.4, -0.2) is 48.3 Å². The number of nitrogens with zero attached hydrogens (tertiary/aromatic N) is 3. The van der Waals surface area contributed by atoms with Crippen LogP contribution in [0.1, 0.15) is 28.2 Å². The van der Waals surface area contributed by atoms with Crippen LogP contribution in [0.3, 0.4) is 0 Å². The average Bonchev–Trinajstić information content (AvgIpc) is 3.04. The van der Waals surface area contributed by atoms with Crippen molar-refractivity contribution in [2.24, 2.45) is 5.73 Å². The maximum atomic E-state index is 12.4. The van der Waals surface area contributed by atoms with Gasteiger partial charge in [0.05, 0.1) is 11.9 Å². The van der Waals surface area contributed by atoms with Crippen LogP contribution in [0.15, 0.2) is 24.5 Å². The standard InChI is InChI=1S/C16H18N6O2.2H2O/c17-6-5-9-1-2-11(23)10(7-9)12(24)3-4-13-21-15(18)14-16(22-13)20-8-19-14;;/h1-2,7-8,23H,3-6,17H2,(H3,18,19,20,21,22);2*1H2. The highest BCUT2D eigenvalue weighted by atomic mass is 16.3. The van der Waals surface area contributed by atoms with Gasteiger partial charge in [0, 0.05) is 12.8 Å². The van der Waals surface area contributed by atoms with Crippen LogP contribution in [0.2, 0.25) is 0 Å². The van der Waals surface area contributed by atoms with Crippen molar-refractivity contribution in [3.63, 3.8) is 0 Å². The third kappa shape index (κ3) is 4.30. The van der Waals surface area contributed by atoms with Crippen molar-refractivity contribution in [3.8, 4) is 5.75 Å². The maximum Gasteiger partial charge on any atom is 0.183 e. The topological polar surface area (TPSA) is 207 Å². The second-order valence-electron chi connectivity index (χ2n) is 5.44. The highest BCUT2D eigenvalue weighted by Crippen LogP contribution is 2.21. The number of nitrogens with two attached hydrogens (primary N) is 2. The molecule has 140 valence electrons. The predicted octanol–water partition coefficient (Wildman–Crippen LogP) is -0.692. The third-order valence-corrected chi connectivity index (χ3v) is 3.73. The molecule has 1 aromatic carbocycles. The number of anilines is 1. The smallest absolute Gasteiger partial charge is 0.183 e. The first-order valence-electron chi connectivity index (χ1n) is 7.59. The number of benzene rings is 1. The number of carbonyl (C=O) groups is 1. The fourth-order valence-corrected chi connectivity index (χ4v) is 2.50. The maximum absolute atomic E-state index is 12.4. The lowest BCUT2D eigenvalue weighted by Gasteiger charge is -2.07. The normalized spacial score (nSPS) is 10.2. The van der Waals surface area contributed by atoms with E-state index in [4.69, 9.17) is 11.5 Å². The molecule has 0 aliphatic heterocycles. The summed E-state index contributed by atoms with van der Waals surface area (Å²) in [6, 6.07) is 4.95. The number of aromatic amines is 1. The van der Waals surface area contributed by atoms with E-state index in [0.717, 1.165) is 5.56 Å². The lowest BCUT2D eigenvalue weighted by molar-refractivity contribution is 0.0979. The number of rotatable bonds is 6. The van der Waals surface area contributed by atoms with Crippen LogP contribution in [0.4, 0.5) is 5.82 Å². The minimum absolute atomic E-state index is 0. The first kappa shape index (κ1) is 21.0. The Bertz CT molecular complexity index is 896. The van der Waals surface area contributed by atoms with E-state index >= 15 is 0 Å². The summed E-state index contributed by atoms with van der Waals surface area (Å²) in [6.07, 6.45) is 2.61. The highest BCUT2D eigenvalue weighted by Gasteiger charge is 2.14. The number of hydrogen-bond acceptors (Lipinski definition) is 7. The number of fused-ring (bicyclic) bond motifs is 1. The Kier molecular flexibility index (Phi) is 7.14. The van der Waals surface area contributed by atoms with E-state index < -0.39 is 0 Å². The molecule has 0 unspecified atom stereocenters. The van der Waals surface area contributed by atoms with Gasteiger partial charge >= 0.3 is 0 Å². The number of carbonyl (C=O) groups excluding carboxylic acids is 1. The van der Waals surface area contributed by atoms with Gasteiger partial charge in [-0.25, -0.2) is 15.0 Å². The van der Waals surface area contributed by atoms with Gasteiger partial charge in [-0.05, 0) is 30.7 Å². The number of nitrogens with one attached hydrogen (secondary N) is 1. The molecule has 10 N–H and O–H groups in total. The van der Waals surface area contributed by atoms with Crippen LogP contribution in [0.5, 0.6) is 5.75 Å². The molecule has 10 nitrogen and oxygen atoms in total. The molecule has 0 fully saturated rings. The molecule has 0 aliphatic carbocycles. The summed E-state index contributed by atoms with van der Waals surface area (Å²) in [6.45, 7) is 0.481. The monoisotopic (exact) mass is 362 g/mol.